The van der Waals surface area contributed by atoms with Crippen molar-refractivity contribution in [2.75, 3.05) is 18.6 Å². The van der Waals surface area contributed by atoms with Gasteiger partial charge >= 0.3 is 0 Å². The van der Waals surface area contributed by atoms with Crippen molar-refractivity contribution in [3.63, 3.8) is 0 Å². The monoisotopic (exact) mass is 216 g/mol. The summed E-state index contributed by atoms with van der Waals surface area (Å²) in [5, 5.41) is 4.33. The van der Waals surface area contributed by atoms with Gasteiger partial charge in [-0.05, 0) is 37.2 Å². The fourth-order valence-electron chi connectivity index (χ4n) is 1.50. The molecule has 0 radical (unpaired) electrons. The first-order valence-electron chi connectivity index (χ1n) is 4.88. The Bertz CT molecular complexity index is 198. The summed E-state index contributed by atoms with van der Waals surface area (Å²) >= 11 is 7.37. The Morgan fingerprint density at radius 3 is 2.77 bits per heavy atom. The molecule has 1 heterocycles. The molecule has 2 fully saturated rings. The van der Waals surface area contributed by atoms with Crippen LogP contribution in [-0.2, 0) is 0 Å². The van der Waals surface area contributed by atoms with Gasteiger partial charge in [0.15, 0.2) is 5.11 Å². The molecule has 1 N–H and O–H groups in total. The van der Waals surface area contributed by atoms with E-state index < -0.39 is 0 Å². The minimum absolute atomic E-state index is 0.670. The molecule has 0 amide bonds. The van der Waals surface area contributed by atoms with Crippen LogP contribution in [0.25, 0.3) is 0 Å². The second-order valence-corrected chi connectivity index (χ2v) is 5.39. The smallest absolute Gasteiger partial charge is 0.169 e. The Labute approximate surface area is 89.4 Å². The van der Waals surface area contributed by atoms with Gasteiger partial charge in [-0.3, -0.25) is 0 Å². The molecule has 2 aliphatic rings. The Morgan fingerprint density at radius 1 is 1.46 bits per heavy atom. The van der Waals surface area contributed by atoms with E-state index in [1.807, 2.05) is 11.8 Å². The van der Waals surface area contributed by atoms with E-state index in [-0.39, 0.29) is 0 Å². The molecule has 2 rings (SSSR count). The highest BCUT2D eigenvalue weighted by Gasteiger charge is 2.26. The molecule has 2 nitrogen and oxygen atoms in total. The Balaban J connectivity index is 1.79. The first kappa shape index (κ1) is 9.59. The Kier molecular flexibility index (Phi) is 2.99. The minimum Gasteiger partial charge on any atom is -0.360 e. The predicted octanol–water partition coefficient (Wildman–Crippen LogP) is 1.46. The van der Waals surface area contributed by atoms with Gasteiger partial charge in [-0.2, -0.15) is 11.8 Å². The summed E-state index contributed by atoms with van der Waals surface area (Å²) < 4.78 is 0. The first-order chi connectivity index (χ1) is 6.27. The second-order valence-electron chi connectivity index (χ2n) is 3.85. The van der Waals surface area contributed by atoms with Gasteiger partial charge in [0.1, 0.15) is 0 Å². The third kappa shape index (κ3) is 2.50. The normalized spacial score (nSPS) is 27.3. The fourth-order valence-corrected chi connectivity index (χ4v) is 3.08. The molecule has 4 heteroatoms. The van der Waals surface area contributed by atoms with E-state index >= 15 is 0 Å². The minimum atomic E-state index is 0.670. The largest absolute Gasteiger partial charge is 0.360 e. The fraction of sp³-hybridized carbons (Fsp3) is 0.889. The molecule has 1 unspecified atom stereocenters. The lowest BCUT2D eigenvalue weighted by molar-refractivity contribution is 0.391. The van der Waals surface area contributed by atoms with E-state index in [2.05, 4.69) is 17.3 Å². The van der Waals surface area contributed by atoms with Crippen LogP contribution < -0.4 is 5.32 Å². The van der Waals surface area contributed by atoms with Gasteiger partial charge < -0.3 is 10.2 Å². The highest BCUT2D eigenvalue weighted by Crippen LogP contribution is 2.23. The highest BCUT2D eigenvalue weighted by molar-refractivity contribution is 7.99. The molecule has 0 aromatic rings. The molecule has 0 aromatic carbocycles. The molecule has 1 saturated carbocycles. The zero-order valence-corrected chi connectivity index (χ0v) is 9.59. The van der Waals surface area contributed by atoms with E-state index in [0.29, 0.717) is 12.1 Å². The van der Waals surface area contributed by atoms with Crippen molar-refractivity contribution < 1.29 is 0 Å². The van der Waals surface area contributed by atoms with Crippen LogP contribution in [0.5, 0.6) is 0 Å². The number of thiocarbonyl (C=S) groups is 1. The van der Waals surface area contributed by atoms with Gasteiger partial charge in [0, 0.05) is 24.9 Å². The summed E-state index contributed by atoms with van der Waals surface area (Å²) in [6, 6.07) is 1.35. The van der Waals surface area contributed by atoms with Crippen LogP contribution in [0.3, 0.4) is 0 Å². The van der Waals surface area contributed by atoms with Crippen LogP contribution in [0.1, 0.15) is 19.3 Å². The van der Waals surface area contributed by atoms with Crippen LogP contribution in [0.4, 0.5) is 0 Å². The number of rotatable bonds is 2. The van der Waals surface area contributed by atoms with Gasteiger partial charge in [-0.25, -0.2) is 0 Å². The van der Waals surface area contributed by atoms with Crippen LogP contribution in [0.2, 0.25) is 0 Å². The van der Waals surface area contributed by atoms with Gasteiger partial charge in [0.05, 0.1) is 0 Å². The van der Waals surface area contributed by atoms with Crippen molar-refractivity contribution in [1.82, 2.24) is 10.2 Å². The maximum Gasteiger partial charge on any atom is 0.169 e. The summed E-state index contributed by atoms with van der Waals surface area (Å²) in [4.78, 5) is 2.24. The van der Waals surface area contributed by atoms with Crippen molar-refractivity contribution >= 4 is 29.1 Å². The molecular formula is C9H16N2S2. The van der Waals surface area contributed by atoms with E-state index in [1.165, 1.54) is 30.8 Å². The molecule has 13 heavy (non-hydrogen) atoms. The standard InChI is InChI=1S/C9H16N2S2/c1-11(8-4-5-13-6-8)9(12)10-7-2-3-7/h7-8H,2-6H2,1H3,(H,10,12). The molecule has 0 bridgehead atoms. The average Bonchev–Trinajstić information content (AvgIpc) is 2.78. The average molecular weight is 216 g/mol. The van der Waals surface area contributed by atoms with Gasteiger partial charge in [-0.15, -0.1) is 0 Å². The Hall–Kier alpha value is 0.0400. The molecule has 0 spiro atoms. The molecular weight excluding hydrogens is 200 g/mol. The van der Waals surface area contributed by atoms with Crippen LogP contribution in [0.15, 0.2) is 0 Å². The lowest BCUT2D eigenvalue weighted by atomic mass is 10.2. The SMILES string of the molecule is CN(C(=S)NC1CC1)C1CCSC1. The zero-order chi connectivity index (χ0) is 9.26. The third-order valence-corrected chi connectivity index (χ3v) is 4.23. The molecule has 74 valence electrons. The lowest BCUT2D eigenvalue weighted by Crippen LogP contribution is -2.44. The summed E-state index contributed by atoms with van der Waals surface area (Å²) in [5.74, 6) is 2.53. The third-order valence-electron chi connectivity index (χ3n) is 2.68. The maximum absolute atomic E-state index is 5.34. The number of nitrogens with one attached hydrogen (secondary N) is 1. The van der Waals surface area contributed by atoms with E-state index in [9.17, 15) is 0 Å². The van der Waals surface area contributed by atoms with Gasteiger partial charge in [-0.1, -0.05) is 0 Å². The number of hydrogen-bond acceptors (Lipinski definition) is 2. The number of hydrogen-bond donors (Lipinski definition) is 1. The molecule has 0 aromatic heterocycles. The number of thioether (sulfide) groups is 1. The van der Waals surface area contributed by atoms with E-state index in [4.69, 9.17) is 12.2 Å². The van der Waals surface area contributed by atoms with Gasteiger partial charge in [0.25, 0.3) is 0 Å². The zero-order valence-electron chi connectivity index (χ0n) is 7.95. The summed E-state index contributed by atoms with van der Waals surface area (Å²) in [5.41, 5.74) is 0. The second kappa shape index (κ2) is 4.05. The van der Waals surface area contributed by atoms with Crippen LogP contribution >= 0.6 is 24.0 Å². The number of nitrogens with zero attached hydrogens (tertiary/aromatic N) is 1. The molecule has 1 aliphatic heterocycles. The topological polar surface area (TPSA) is 15.3 Å². The van der Waals surface area contributed by atoms with Crippen molar-refractivity contribution in [2.45, 2.75) is 31.3 Å². The molecule has 1 aliphatic carbocycles. The van der Waals surface area contributed by atoms with Crippen molar-refractivity contribution in [2.24, 2.45) is 0 Å². The lowest BCUT2D eigenvalue weighted by Gasteiger charge is -2.26. The van der Waals surface area contributed by atoms with Gasteiger partial charge in [0.2, 0.25) is 0 Å². The summed E-state index contributed by atoms with van der Waals surface area (Å²) in [6.45, 7) is 0. The van der Waals surface area contributed by atoms with Crippen LogP contribution in [0, 0.1) is 0 Å². The molecule has 1 atom stereocenters. The van der Waals surface area contributed by atoms with Crippen molar-refractivity contribution in [1.29, 1.82) is 0 Å². The quantitative estimate of drug-likeness (QED) is 0.703. The van der Waals surface area contributed by atoms with Crippen LogP contribution in [-0.4, -0.2) is 40.6 Å². The van der Waals surface area contributed by atoms with E-state index in [1.54, 1.807) is 0 Å². The Morgan fingerprint density at radius 2 is 2.23 bits per heavy atom. The predicted molar refractivity (Wildman–Crippen MR) is 62.2 cm³/mol. The summed E-state index contributed by atoms with van der Waals surface area (Å²) in [7, 11) is 2.12. The van der Waals surface area contributed by atoms with Crippen molar-refractivity contribution in [3.8, 4) is 0 Å². The maximum atomic E-state index is 5.34. The van der Waals surface area contributed by atoms with E-state index in [0.717, 1.165) is 5.11 Å². The first-order valence-corrected chi connectivity index (χ1v) is 6.45. The highest BCUT2D eigenvalue weighted by atomic mass is 32.2. The molecule has 1 saturated heterocycles. The summed E-state index contributed by atoms with van der Waals surface area (Å²) in [6.07, 6.45) is 3.88. The van der Waals surface area contributed by atoms with Crippen molar-refractivity contribution in [3.05, 3.63) is 0 Å².